The van der Waals surface area contributed by atoms with Gasteiger partial charge in [-0.25, -0.2) is 0 Å². The molecule has 0 aliphatic heterocycles. The lowest BCUT2D eigenvalue weighted by atomic mass is 10.1. The van der Waals surface area contributed by atoms with Gasteiger partial charge in [0, 0.05) is 24.4 Å². The van der Waals surface area contributed by atoms with E-state index in [-0.39, 0.29) is 5.91 Å². The molecular formula is C20H24ClNO5. The fraction of sp³-hybridized carbons (Fsp3) is 0.350. The SMILES string of the molecule is CCCOc1c(Cl)cc(C(=O)Nc2cccc(OCCOC)c2)cc1OC. The largest absolute Gasteiger partial charge is 0.493 e. The first-order chi connectivity index (χ1) is 13.1. The van der Waals surface area contributed by atoms with Crippen LogP contribution in [0.5, 0.6) is 17.2 Å². The number of carbonyl (C=O) groups excluding carboxylic acids is 1. The summed E-state index contributed by atoms with van der Waals surface area (Å²) in [5.41, 5.74) is 0.975. The number of hydrogen-bond donors (Lipinski definition) is 1. The summed E-state index contributed by atoms with van der Waals surface area (Å²) in [5, 5.41) is 3.15. The van der Waals surface area contributed by atoms with E-state index in [4.69, 9.17) is 30.5 Å². The minimum absolute atomic E-state index is 0.314. The number of rotatable bonds is 10. The first-order valence-corrected chi connectivity index (χ1v) is 9.00. The average molecular weight is 394 g/mol. The normalized spacial score (nSPS) is 10.4. The number of amides is 1. The fourth-order valence-electron chi connectivity index (χ4n) is 2.30. The van der Waals surface area contributed by atoms with Crippen LogP contribution < -0.4 is 19.5 Å². The number of anilines is 1. The van der Waals surface area contributed by atoms with Crippen molar-refractivity contribution in [3.05, 3.63) is 47.0 Å². The Morgan fingerprint density at radius 3 is 2.59 bits per heavy atom. The Morgan fingerprint density at radius 2 is 1.89 bits per heavy atom. The molecule has 0 unspecified atom stereocenters. The van der Waals surface area contributed by atoms with E-state index in [1.807, 2.05) is 13.0 Å². The summed E-state index contributed by atoms with van der Waals surface area (Å²) in [6.07, 6.45) is 0.838. The maximum absolute atomic E-state index is 12.6. The molecule has 0 aliphatic rings. The van der Waals surface area contributed by atoms with E-state index in [2.05, 4.69) is 5.32 Å². The van der Waals surface area contributed by atoms with Crippen LogP contribution in [0, 0.1) is 0 Å². The van der Waals surface area contributed by atoms with Gasteiger partial charge in [0.05, 0.1) is 25.3 Å². The Hall–Kier alpha value is -2.44. The van der Waals surface area contributed by atoms with E-state index in [1.54, 1.807) is 37.4 Å². The van der Waals surface area contributed by atoms with Crippen molar-refractivity contribution in [1.29, 1.82) is 0 Å². The molecule has 0 atom stereocenters. The van der Waals surface area contributed by atoms with Crippen molar-refractivity contribution >= 4 is 23.2 Å². The minimum Gasteiger partial charge on any atom is -0.493 e. The summed E-state index contributed by atoms with van der Waals surface area (Å²) in [7, 11) is 3.12. The molecule has 0 bridgehead atoms. The molecule has 1 amide bonds. The second-order valence-electron chi connectivity index (χ2n) is 5.66. The molecule has 7 heteroatoms. The molecule has 146 valence electrons. The second kappa shape index (κ2) is 10.6. The van der Waals surface area contributed by atoms with Gasteiger partial charge in [-0.05, 0) is 30.7 Å². The molecule has 0 spiro atoms. The number of methoxy groups -OCH3 is 2. The van der Waals surface area contributed by atoms with Crippen LogP contribution in [0.2, 0.25) is 5.02 Å². The first-order valence-electron chi connectivity index (χ1n) is 8.62. The highest BCUT2D eigenvalue weighted by Gasteiger charge is 2.16. The van der Waals surface area contributed by atoms with Gasteiger partial charge in [0.25, 0.3) is 5.91 Å². The topological polar surface area (TPSA) is 66.0 Å². The molecule has 27 heavy (non-hydrogen) atoms. The van der Waals surface area contributed by atoms with Crippen molar-refractivity contribution < 1.29 is 23.7 Å². The minimum atomic E-state index is -0.314. The maximum Gasteiger partial charge on any atom is 0.255 e. The van der Waals surface area contributed by atoms with E-state index in [1.165, 1.54) is 7.11 Å². The predicted molar refractivity (Wildman–Crippen MR) is 106 cm³/mol. The molecule has 0 aliphatic carbocycles. The van der Waals surface area contributed by atoms with Gasteiger partial charge in [0.15, 0.2) is 11.5 Å². The van der Waals surface area contributed by atoms with Crippen molar-refractivity contribution in [3.63, 3.8) is 0 Å². The highest BCUT2D eigenvalue weighted by Crippen LogP contribution is 2.36. The van der Waals surface area contributed by atoms with Gasteiger partial charge in [0.1, 0.15) is 12.4 Å². The van der Waals surface area contributed by atoms with Crippen LogP contribution >= 0.6 is 11.6 Å². The van der Waals surface area contributed by atoms with Gasteiger partial charge in [-0.3, -0.25) is 4.79 Å². The number of carbonyl (C=O) groups is 1. The molecule has 0 fully saturated rings. The fourth-order valence-corrected chi connectivity index (χ4v) is 2.57. The van der Waals surface area contributed by atoms with E-state index in [0.29, 0.717) is 53.3 Å². The highest BCUT2D eigenvalue weighted by molar-refractivity contribution is 6.32. The highest BCUT2D eigenvalue weighted by atomic mass is 35.5. The molecule has 0 aromatic heterocycles. The molecule has 0 radical (unpaired) electrons. The monoisotopic (exact) mass is 393 g/mol. The van der Waals surface area contributed by atoms with Crippen LogP contribution in [0.25, 0.3) is 0 Å². The van der Waals surface area contributed by atoms with Crippen LogP contribution in [0.1, 0.15) is 23.7 Å². The quantitative estimate of drug-likeness (QED) is 0.605. The third-order valence-electron chi connectivity index (χ3n) is 3.59. The zero-order valence-electron chi connectivity index (χ0n) is 15.7. The first kappa shape index (κ1) is 20.9. The molecule has 0 heterocycles. The lowest BCUT2D eigenvalue weighted by Crippen LogP contribution is -2.13. The molecule has 0 saturated carbocycles. The molecule has 0 saturated heterocycles. The zero-order valence-corrected chi connectivity index (χ0v) is 16.5. The zero-order chi connectivity index (χ0) is 19.6. The van der Waals surface area contributed by atoms with E-state index in [0.717, 1.165) is 6.42 Å². The van der Waals surface area contributed by atoms with Crippen LogP contribution in [0.4, 0.5) is 5.69 Å². The van der Waals surface area contributed by atoms with Gasteiger partial charge in [-0.2, -0.15) is 0 Å². The Bertz CT molecular complexity index is 766. The number of halogens is 1. The van der Waals surface area contributed by atoms with Gasteiger partial charge in [-0.1, -0.05) is 24.6 Å². The molecule has 2 rings (SSSR count). The van der Waals surface area contributed by atoms with Crippen molar-refractivity contribution in [3.8, 4) is 17.2 Å². The number of benzene rings is 2. The van der Waals surface area contributed by atoms with Gasteiger partial charge in [0.2, 0.25) is 0 Å². The smallest absolute Gasteiger partial charge is 0.255 e. The summed E-state index contributed by atoms with van der Waals surface area (Å²) in [6.45, 7) is 3.42. The molecule has 6 nitrogen and oxygen atoms in total. The predicted octanol–water partition coefficient (Wildman–Crippen LogP) is 4.41. The number of hydrogen-bond acceptors (Lipinski definition) is 5. The Kier molecular flexibility index (Phi) is 8.23. The van der Waals surface area contributed by atoms with Gasteiger partial charge >= 0.3 is 0 Å². The van der Waals surface area contributed by atoms with Crippen molar-refractivity contribution in [1.82, 2.24) is 0 Å². The van der Waals surface area contributed by atoms with Crippen molar-refractivity contribution in [2.75, 3.05) is 39.4 Å². The third kappa shape index (κ3) is 6.05. The Balaban J connectivity index is 2.13. The second-order valence-corrected chi connectivity index (χ2v) is 6.07. The van der Waals surface area contributed by atoms with E-state index in [9.17, 15) is 4.79 Å². The van der Waals surface area contributed by atoms with Crippen molar-refractivity contribution in [2.45, 2.75) is 13.3 Å². The number of nitrogens with one attached hydrogen (secondary N) is 1. The Labute approximate surface area is 164 Å². The summed E-state index contributed by atoms with van der Waals surface area (Å²) in [6, 6.07) is 10.3. The summed E-state index contributed by atoms with van der Waals surface area (Å²) in [4.78, 5) is 12.6. The van der Waals surface area contributed by atoms with E-state index >= 15 is 0 Å². The van der Waals surface area contributed by atoms with Crippen LogP contribution in [0.15, 0.2) is 36.4 Å². The van der Waals surface area contributed by atoms with Crippen LogP contribution in [-0.4, -0.2) is 39.9 Å². The summed E-state index contributed by atoms with van der Waals surface area (Å²) < 4.78 is 21.4. The summed E-state index contributed by atoms with van der Waals surface area (Å²) in [5.74, 6) is 1.18. The van der Waals surface area contributed by atoms with Crippen molar-refractivity contribution in [2.24, 2.45) is 0 Å². The number of ether oxygens (including phenoxy) is 4. The molecule has 2 aromatic carbocycles. The van der Waals surface area contributed by atoms with Crippen LogP contribution in [-0.2, 0) is 4.74 Å². The summed E-state index contributed by atoms with van der Waals surface area (Å²) >= 11 is 6.28. The van der Waals surface area contributed by atoms with Gasteiger partial charge < -0.3 is 24.3 Å². The van der Waals surface area contributed by atoms with E-state index < -0.39 is 0 Å². The van der Waals surface area contributed by atoms with Crippen LogP contribution in [0.3, 0.4) is 0 Å². The van der Waals surface area contributed by atoms with Gasteiger partial charge in [-0.15, -0.1) is 0 Å². The molecular weight excluding hydrogens is 370 g/mol. The average Bonchev–Trinajstić information content (AvgIpc) is 2.67. The molecule has 1 N–H and O–H groups in total. The standard InChI is InChI=1S/C20H24ClNO5/c1-4-8-27-19-17(21)11-14(12-18(19)25-3)20(23)22-15-6-5-7-16(13-15)26-10-9-24-2/h5-7,11-13H,4,8-10H2,1-3H3,(H,22,23). The third-order valence-corrected chi connectivity index (χ3v) is 3.87. The maximum atomic E-state index is 12.6. The molecule has 2 aromatic rings. The lowest BCUT2D eigenvalue weighted by Gasteiger charge is -2.14. The lowest BCUT2D eigenvalue weighted by molar-refractivity contribution is 0.102. The Morgan fingerprint density at radius 1 is 1.07 bits per heavy atom.